The van der Waals surface area contributed by atoms with Crippen molar-refractivity contribution in [3.8, 4) is 0 Å². The number of allylic oxidation sites excluding steroid dienone is 4. The van der Waals surface area contributed by atoms with E-state index in [1.807, 2.05) is 55.4 Å². The van der Waals surface area contributed by atoms with Crippen molar-refractivity contribution in [3.63, 3.8) is 0 Å². The monoisotopic (exact) mass is 304 g/mol. The molecule has 0 aromatic rings. The second-order valence-electron chi connectivity index (χ2n) is 4.00. The molecule has 0 N–H and O–H groups in total. The van der Waals surface area contributed by atoms with E-state index in [0.717, 1.165) is 0 Å². The van der Waals surface area contributed by atoms with Crippen LogP contribution in [0.3, 0.4) is 0 Å². The fraction of sp³-hybridized carbons (Fsp3) is 0.810. The number of hydrogen-bond acceptors (Lipinski definition) is 0. The minimum Gasteiger partial charge on any atom is -0.0778 e. The molecule has 0 aromatic heterocycles. The summed E-state index contributed by atoms with van der Waals surface area (Å²) in [6, 6.07) is 0. The molecule has 0 unspecified atom stereocenters. The van der Waals surface area contributed by atoms with Gasteiger partial charge in [-0.05, 0) is 55.4 Å². The van der Waals surface area contributed by atoms with Gasteiger partial charge in [0.2, 0.25) is 0 Å². The molecule has 0 heteroatoms. The normalized spacial score (nSPS) is 5.71. The lowest BCUT2D eigenvalue weighted by Gasteiger charge is -1.88. The van der Waals surface area contributed by atoms with Gasteiger partial charge in [0.25, 0.3) is 0 Å². The number of rotatable bonds is 0. The molecule has 0 atom stereocenters. The average molecular weight is 305 g/mol. The predicted molar refractivity (Wildman–Crippen MR) is 112 cm³/mol. The van der Waals surface area contributed by atoms with Gasteiger partial charge in [-0.1, -0.05) is 85.1 Å². The summed E-state index contributed by atoms with van der Waals surface area (Å²) < 4.78 is 0. The van der Waals surface area contributed by atoms with Gasteiger partial charge >= 0.3 is 0 Å². The Bertz CT molecular complexity index is 122. The van der Waals surface area contributed by atoms with Crippen LogP contribution in [0.2, 0.25) is 0 Å². The van der Waals surface area contributed by atoms with Crippen molar-refractivity contribution in [2.75, 3.05) is 0 Å². The molecule has 0 rings (SSSR count). The van der Waals surface area contributed by atoms with Crippen LogP contribution >= 0.6 is 0 Å². The molecule has 0 aliphatic carbocycles. The van der Waals surface area contributed by atoms with Gasteiger partial charge in [0.1, 0.15) is 0 Å². The second-order valence-corrected chi connectivity index (χ2v) is 4.00. The zero-order valence-electron chi connectivity index (χ0n) is 18.0. The molecule has 21 heavy (non-hydrogen) atoms. The van der Waals surface area contributed by atoms with Gasteiger partial charge in [0.15, 0.2) is 0 Å². The molecule has 0 aliphatic rings. The van der Waals surface area contributed by atoms with Crippen LogP contribution in [0.5, 0.6) is 0 Å². The summed E-state index contributed by atoms with van der Waals surface area (Å²) in [7, 11) is 0. The van der Waals surface area contributed by atoms with Crippen LogP contribution in [0, 0.1) is 0 Å². The molecule has 0 aromatic carbocycles. The lowest BCUT2D eigenvalue weighted by molar-refractivity contribution is 1.23. The van der Waals surface area contributed by atoms with Crippen LogP contribution in [0.4, 0.5) is 0 Å². The SMILES string of the molecule is C.CC.CC.CC.CC.CC(C)=C(C)C.CC(C)=C(C)C. The molecule has 0 spiro atoms. The van der Waals surface area contributed by atoms with Gasteiger partial charge < -0.3 is 0 Å². The van der Waals surface area contributed by atoms with Crippen LogP contribution in [0.25, 0.3) is 0 Å². The summed E-state index contributed by atoms with van der Waals surface area (Å²) in [5.74, 6) is 0. The maximum absolute atomic E-state index is 2.12. The Balaban J connectivity index is -0.0000000246. The summed E-state index contributed by atoms with van der Waals surface area (Å²) >= 11 is 0. The van der Waals surface area contributed by atoms with Crippen molar-refractivity contribution in [1.29, 1.82) is 0 Å². The molecule has 0 saturated heterocycles. The molecular weight excluding hydrogens is 252 g/mol. The summed E-state index contributed by atoms with van der Waals surface area (Å²) in [5, 5.41) is 0. The van der Waals surface area contributed by atoms with E-state index in [-0.39, 0.29) is 7.43 Å². The van der Waals surface area contributed by atoms with Crippen LogP contribution < -0.4 is 0 Å². The molecular formula is C21H52. The van der Waals surface area contributed by atoms with E-state index in [2.05, 4.69) is 55.4 Å². The molecule has 0 nitrogen and oxygen atoms in total. The summed E-state index contributed by atoms with van der Waals surface area (Å²) in [5.41, 5.74) is 5.70. The van der Waals surface area contributed by atoms with Gasteiger partial charge in [-0.15, -0.1) is 0 Å². The average Bonchev–Trinajstić information content (AvgIpc) is 2.48. The zero-order valence-corrected chi connectivity index (χ0v) is 18.0. The Morgan fingerprint density at radius 1 is 0.286 bits per heavy atom. The first-order valence-corrected chi connectivity index (χ1v) is 8.50. The standard InChI is InChI=1S/2C6H12.4C2H6.CH4/c2*1-5(2)6(3)4;4*1-2;/h2*1-4H3;4*1-2H3;1H4. The summed E-state index contributed by atoms with van der Waals surface area (Å²) in [6.45, 7) is 33.0. The van der Waals surface area contributed by atoms with E-state index in [0.29, 0.717) is 0 Å². The smallest absolute Gasteiger partial charge is 0.0440 e. The second kappa shape index (κ2) is 50.5. The minimum atomic E-state index is 0. The Morgan fingerprint density at radius 2 is 0.333 bits per heavy atom. The largest absolute Gasteiger partial charge is 0.0778 e. The van der Waals surface area contributed by atoms with Crippen LogP contribution in [-0.2, 0) is 0 Å². The van der Waals surface area contributed by atoms with Gasteiger partial charge in [-0.25, -0.2) is 0 Å². The minimum absolute atomic E-state index is 0. The highest BCUT2D eigenvalue weighted by Gasteiger charge is 1.75. The third-order valence-corrected chi connectivity index (χ3v) is 2.00. The summed E-state index contributed by atoms with van der Waals surface area (Å²) in [6.07, 6.45) is 0. The fourth-order valence-electron chi connectivity index (χ4n) is 0. The quantitative estimate of drug-likeness (QED) is 0.391. The maximum Gasteiger partial charge on any atom is -0.0440 e. The van der Waals surface area contributed by atoms with E-state index in [9.17, 15) is 0 Å². The maximum atomic E-state index is 2.12. The Kier molecular flexibility index (Phi) is 103. The van der Waals surface area contributed by atoms with E-state index < -0.39 is 0 Å². The third kappa shape index (κ3) is 106. The zero-order chi connectivity index (χ0) is 18.3. The van der Waals surface area contributed by atoms with Crippen LogP contribution in [-0.4, -0.2) is 0 Å². The van der Waals surface area contributed by atoms with Crippen molar-refractivity contribution < 1.29 is 0 Å². The van der Waals surface area contributed by atoms with Crippen molar-refractivity contribution in [2.45, 2.75) is 118 Å². The summed E-state index contributed by atoms with van der Waals surface area (Å²) in [4.78, 5) is 0. The van der Waals surface area contributed by atoms with Crippen molar-refractivity contribution >= 4 is 0 Å². The Morgan fingerprint density at radius 3 is 0.333 bits per heavy atom. The highest BCUT2D eigenvalue weighted by molar-refractivity contribution is 5.02. The van der Waals surface area contributed by atoms with Gasteiger partial charge in [0.05, 0.1) is 0 Å². The lowest BCUT2D eigenvalue weighted by atomic mass is 10.2. The first-order valence-electron chi connectivity index (χ1n) is 8.50. The highest BCUT2D eigenvalue weighted by atomic mass is 13.8. The van der Waals surface area contributed by atoms with Crippen molar-refractivity contribution in [3.05, 3.63) is 22.3 Å². The Hall–Kier alpha value is -0.520. The number of hydrogen-bond donors (Lipinski definition) is 0. The fourth-order valence-corrected chi connectivity index (χ4v) is 0. The van der Waals surface area contributed by atoms with Gasteiger partial charge in [0, 0.05) is 0 Å². The van der Waals surface area contributed by atoms with Crippen LogP contribution in [0.15, 0.2) is 22.3 Å². The molecule has 0 fully saturated rings. The molecule has 0 saturated carbocycles. The predicted octanol–water partition coefficient (Wildman–Crippen LogP) is 9.47. The Labute approximate surface area is 141 Å². The van der Waals surface area contributed by atoms with E-state index in [4.69, 9.17) is 0 Å². The first-order chi connectivity index (χ1) is 9.29. The van der Waals surface area contributed by atoms with Crippen molar-refractivity contribution in [2.24, 2.45) is 0 Å². The first kappa shape index (κ1) is 42.8. The molecule has 0 heterocycles. The van der Waals surface area contributed by atoms with Gasteiger partial charge in [-0.2, -0.15) is 0 Å². The molecule has 0 amide bonds. The molecule has 0 aliphatic heterocycles. The highest BCUT2D eigenvalue weighted by Crippen LogP contribution is 1.97. The molecule has 0 bridgehead atoms. The van der Waals surface area contributed by atoms with Crippen LogP contribution in [0.1, 0.15) is 118 Å². The van der Waals surface area contributed by atoms with Crippen molar-refractivity contribution in [1.82, 2.24) is 0 Å². The van der Waals surface area contributed by atoms with E-state index >= 15 is 0 Å². The third-order valence-electron chi connectivity index (χ3n) is 2.00. The van der Waals surface area contributed by atoms with E-state index in [1.54, 1.807) is 0 Å². The van der Waals surface area contributed by atoms with Gasteiger partial charge in [-0.3, -0.25) is 0 Å². The molecule has 0 radical (unpaired) electrons. The molecule has 136 valence electrons. The topological polar surface area (TPSA) is 0 Å². The lowest BCUT2D eigenvalue weighted by Crippen LogP contribution is -1.66. The van der Waals surface area contributed by atoms with E-state index in [1.165, 1.54) is 22.3 Å².